The second-order valence-corrected chi connectivity index (χ2v) is 7.56. The van der Waals surface area contributed by atoms with E-state index in [0.717, 1.165) is 0 Å². The van der Waals surface area contributed by atoms with Crippen LogP contribution in [0.15, 0.2) is 34.7 Å². The van der Waals surface area contributed by atoms with Crippen LogP contribution in [0.2, 0.25) is 0 Å². The highest BCUT2D eigenvalue weighted by Crippen LogP contribution is 2.19. The third-order valence-corrected chi connectivity index (χ3v) is 5.60. The maximum atomic E-state index is 12.6. The van der Waals surface area contributed by atoms with Crippen LogP contribution in [0.25, 0.3) is 0 Å². The summed E-state index contributed by atoms with van der Waals surface area (Å²) in [5.41, 5.74) is 0.455. The second kappa shape index (κ2) is 6.83. The van der Waals surface area contributed by atoms with Crippen molar-refractivity contribution in [1.82, 2.24) is 23.8 Å². The Bertz CT molecular complexity index is 860. The quantitative estimate of drug-likeness (QED) is 0.778. The Kier molecular flexibility index (Phi) is 4.78. The Balaban J connectivity index is 1.65. The van der Waals surface area contributed by atoms with Crippen LogP contribution in [-0.4, -0.2) is 58.0 Å². The zero-order valence-corrected chi connectivity index (χ0v) is 14.1. The van der Waals surface area contributed by atoms with Crippen LogP contribution in [-0.2, 0) is 28.2 Å². The van der Waals surface area contributed by atoms with Crippen molar-refractivity contribution in [3.05, 3.63) is 41.0 Å². The van der Waals surface area contributed by atoms with Gasteiger partial charge in [-0.3, -0.25) is 4.79 Å². The summed E-state index contributed by atoms with van der Waals surface area (Å²) in [6.45, 7) is 0.903. The van der Waals surface area contributed by atoms with Crippen molar-refractivity contribution >= 4 is 10.0 Å². The van der Waals surface area contributed by atoms with Crippen molar-refractivity contribution in [2.24, 2.45) is 7.05 Å². The number of sulfonamides is 1. The molecule has 1 N–H and O–H groups in total. The van der Waals surface area contributed by atoms with Gasteiger partial charge in [-0.1, -0.05) is 0 Å². The first kappa shape index (κ1) is 16.8. The van der Waals surface area contributed by atoms with Crippen molar-refractivity contribution < 1.29 is 13.2 Å². The summed E-state index contributed by atoms with van der Waals surface area (Å²) in [4.78, 5) is 21.7. The molecule has 9 nitrogen and oxygen atoms in total. The number of rotatable bonds is 5. The summed E-state index contributed by atoms with van der Waals surface area (Å²) in [5.74, 6) is 0. The number of H-pyrrole nitrogens is 1. The fourth-order valence-corrected chi connectivity index (χ4v) is 4.02. The van der Waals surface area contributed by atoms with E-state index < -0.39 is 10.0 Å². The molecule has 0 amide bonds. The Morgan fingerprint density at radius 1 is 1.42 bits per heavy atom. The van der Waals surface area contributed by atoms with E-state index in [-0.39, 0.29) is 23.2 Å². The maximum absolute atomic E-state index is 12.6. The average Bonchev–Trinajstić information content (AvgIpc) is 3.01. The van der Waals surface area contributed by atoms with Crippen LogP contribution in [0, 0.1) is 0 Å². The third-order valence-electron chi connectivity index (χ3n) is 3.84. The van der Waals surface area contributed by atoms with Gasteiger partial charge in [0.2, 0.25) is 0 Å². The second-order valence-electron chi connectivity index (χ2n) is 5.67. The molecule has 1 aliphatic heterocycles. The van der Waals surface area contributed by atoms with Gasteiger partial charge in [-0.15, -0.1) is 0 Å². The molecule has 1 atom stereocenters. The molecule has 2 aromatic rings. The summed E-state index contributed by atoms with van der Waals surface area (Å²) in [7, 11) is -1.89. The molecular formula is C14H19N5O4S. The molecule has 0 radical (unpaired) electrons. The van der Waals surface area contributed by atoms with Crippen molar-refractivity contribution in [3.8, 4) is 0 Å². The predicted octanol–water partition coefficient (Wildman–Crippen LogP) is -0.474. The first-order valence-corrected chi connectivity index (χ1v) is 9.02. The average molecular weight is 353 g/mol. The zero-order chi connectivity index (χ0) is 17.2. The van der Waals surface area contributed by atoms with E-state index in [1.165, 1.54) is 29.2 Å². The van der Waals surface area contributed by atoms with Gasteiger partial charge < -0.3 is 14.3 Å². The van der Waals surface area contributed by atoms with Crippen molar-refractivity contribution in [1.29, 1.82) is 0 Å². The minimum Gasteiger partial charge on any atom is -0.375 e. The smallest absolute Gasteiger partial charge is 0.262 e. The molecule has 24 heavy (non-hydrogen) atoms. The summed E-state index contributed by atoms with van der Waals surface area (Å²) < 4.78 is 33.9. The Morgan fingerprint density at radius 2 is 2.25 bits per heavy atom. The molecule has 1 saturated heterocycles. The van der Waals surface area contributed by atoms with Gasteiger partial charge in [0.15, 0.2) is 5.03 Å². The Hall–Kier alpha value is -2.04. The molecule has 10 heteroatoms. The number of aromatic amines is 1. The molecule has 1 aliphatic rings. The molecule has 3 rings (SSSR count). The van der Waals surface area contributed by atoms with E-state index in [1.54, 1.807) is 11.6 Å². The number of hydrogen-bond acceptors (Lipinski definition) is 6. The van der Waals surface area contributed by atoms with Gasteiger partial charge >= 0.3 is 0 Å². The van der Waals surface area contributed by atoms with Gasteiger partial charge in [-0.05, 0) is 12.8 Å². The highest BCUT2D eigenvalue weighted by Gasteiger charge is 2.32. The monoisotopic (exact) mass is 353 g/mol. The van der Waals surface area contributed by atoms with E-state index in [2.05, 4.69) is 15.0 Å². The lowest BCUT2D eigenvalue weighted by Gasteiger charge is -2.31. The van der Waals surface area contributed by atoms with Gasteiger partial charge in [-0.25, -0.2) is 18.4 Å². The molecule has 0 spiro atoms. The van der Waals surface area contributed by atoms with Gasteiger partial charge in [0.05, 0.1) is 25.4 Å². The number of aromatic nitrogens is 4. The first-order valence-electron chi connectivity index (χ1n) is 7.58. The fourth-order valence-electron chi connectivity index (χ4n) is 2.59. The van der Waals surface area contributed by atoms with Gasteiger partial charge in [0.1, 0.15) is 0 Å². The predicted molar refractivity (Wildman–Crippen MR) is 84.9 cm³/mol. The van der Waals surface area contributed by atoms with Gasteiger partial charge in [0, 0.05) is 38.1 Å². The van der Waals surface area contributed by atoms with Crippen molar-refractivity contribution in [3.63, 3.8) is 0 Å². The topological polar surface area (TPSA) is 110 Å². The SMILES string of the molecule is Cn1cnc(S(=O)(=O)N2CCO[C@H](CCc3cc(=O)[nH]cn3)C2)c1. The van der Waals surface area contributed by atoms with Crippen LogP contribution >= 0.6 is 0 Å². The van der Waals surface area contributed by atoms with Gasteiger partial charge in [0.25, 0.3) is 15.6 Å². The van der Waals surface area contributed by atoms with Crippen LogP contribution in [0.1, 0.15) is 12.1 Å². The van der Waals surface area contributed by atoms with Crippen LogP contribution in [0.4, 0.5) is 0 Å². The molecule has 2 aromatic heterocycles. The standard InChI is InChI=1S/C14H19N5O4S/c1-18-8-14(17-10-18)24(21,22)19-4-5-23-12(7-19)3-2-11-6-13(20)16-9-15-11/h6,8-10,12H,2-5,7H2,1H3,(H,15,16,20)/t12-/m1/s1. The number of ether oxygens (including phenoxy) is 1. The molecule has 0 saturated carbocycles. The van der Waals surface area contributed by atoms with E-state index >= 15 is 0 Å². The summed E-state index contributed by atoms with van der Waals surface area (Å²) >= 11 is 0. The van der Waals surface area contributed by atoms with E-state index in [1.807, 2.05) is 0 Å². The number of hydrogen-bond donors (Lipinski definition) is 1. The zero-order valence-electron chi connectivity index (χ0n) is 13.3. The van der Waals surface area contributed by atoms with E-state index in [4.69, 9.17) is 4.74 Å². The normalized spacial score (nSPS) is 19.5. The van der Waals surface area contributed by atoms with Gasteiger partial charge in [-0.2, -0.15) is 4.31 Å². The number of aryl methyl sites for hydroxylation is 2. The lowest BCUT2D eigenvalue weighted by atomic mass is 10.1. The molecule has 0 aliphatic carbocycles. The first-order chi connectivity index (χ1) is 11.4. The summed E-state index contributed by atoms with van der Waals surface area (Å²) in [6, 6.07) is 1.44. The number of imidazole rings is 1. The minimum absolute atomic E-state index is 0.0434. The number of nitrogens with one attached hydrogen (secondary N) is 1. The lowest BCUT2D eigenvalue weighted by Crippen LogP contribution is -2.45. The van der Waals surface area contributed by atoms with E-state index in [0.29, 0.717) is 31.7 Å². The lowest BCUT2D eigenvalue weighted by molar-refractivity contribution is -0.00545. The Morgan fingerprint density at radius 3 is 2.96 bits per heavy atom. The third kappa shape index (κ3) is 3.71. The van der Waals surface area contributed by atoms with Crippen LogP contribution < -0.4 is 5.56 Å². The number of nitrogens with zero attached hydrogens (tertiary/aromatic N) is 4. The molecule has 0 bridgehead atoms. The molecular weight excluding hydrogens is 334 g/mol. The molecule has 3 heterocycles. The molecule has 130 valence electrons. The van der Waals surface area contributed by atoms with Crippen LogP contribution in [0.5, 0.6) is 0 Å². The molecule has 1 fully saturated rings. The summed E-state index contributed by atoms with van der Waals surface area (Å²) in [6.07, 6.45) is 5.20. The molecule has 0 unspecified atom stereocenters. The van der Waals surface area contributed by atoms with E-state index in [9.17, 15) is 13.2 Å². The highest BCUT2D eigenvalue weighted by atomic mass is 32.2. The summed E-state index contributed by atoms with van der Waals surface area (Å²) in [5, 5.41) is 0.0434. The minimum atomic E-state index is -3.61. The molecule has 0 aromatic carbocycles. The van der Waals surface area contributed by atoms with Crippen LogP contribution in [0.3, 0.4) is 0 Å². The number of morpholine rings is 1. The van der Waals surface area contributed by atoms with Crippen molar-refractivity contribution in [2.75, 3.05) is 19.7 Å². The Labute approximate surface area is 139 Å². The highest BCUT2D eigenvalue weighted by molar-refractivity contribution is 7.89. The fraction of sp³-hybridized carbons (Fsp3) is 0.500. The maximum Gasteiger partial charge on any atom is 0.262 e. The van der Waals surface area contributed by atoms with Crippen molar-refractivity contribution in [2.45, 2.75) is 24.0 Å². The largest absolute Gasteiger partial charge is 0.375 e.